The lowest BCUT2D eigenvalue weighted by Crippen LogP contribution is -2.04. The number of carboxylic acids is 1. The van der Waals surface area contributed by atoms with E-state index in [0.29, 0.717) is 0 Å². The Kier molecular flexibility index (Phi) is 3.73. The number of benzene rings is 1. The minimum atomic E-state index is -1.04. The molecule has 3 heteroatoms. The first-order valence-corrected chi connectivity index (χ1v) is 4.30. The second-order valence-electron chi connectivity index (χ2n) is 2.73. The Labute approximate surface area is 82.6 Å². The van der Waals surface area contributed by atoms with E-state index in [1.807, 2.05) is 30.3 Å². The summed E-state index contributed by atoms with van der Waals surface area (Å²) in [7, 11) is 0. The van der Waals surface area contributed by atoms with E-state index < -0.39 is 5.97 Å². The molecule has 0 bridgehead atoms. The third-order valence-corrected chi connectivity index (χ3v) is 1.71. The van der Waals surface area contributed by atoms with Gasteiger partial charge < -0.3 is 9.84 Å². The summed E-state index contributed by atoms with van der Waals surface area (Å²) in [4.78, 5) is 10.6. The van der Waals surface area contributed by atoms with E-state index in [0.717, 1.165) is 5.56 Å². The van der Waals surface area contributed by atoms with Crippen molar-refractivity contribution in [3.63, 3.8) is 0 Å². The normalized spacial score (nSPS) is 11.1. The van der Waals surface area contributed by atoms with Crippen molar-refractivity contribution in [2.45, 2.75) is 13.5 Å². The number of carboxylic acid groups (broad SMARTS) is 1. The largest absolute Gasteiger partial charge is 0.482 e. The van der Waals surface area contributed by atoms with Gasteiger partial charge in [-0.25, -0.2) is 4.79 Å². The summed E-state index contributed by atoms with van der Waals surface area (Å²) in [6, 6.07) is 9.44. The Hall–Kier alpha value is -1.77. The molecule has 0 saturated heterocycles. The molecule has 0 heterocycles. The van der Waals surface area contributed by atoms with Crippen LogP contribution in [0.15, 0.2) is 42.2 Å². The van der Waals surface area contributed by atoms with Crippen molar-refractivity contribution < 1.29 is 14.6 Å². The van der Waals surface area contributed by atoms with Crippen molar-refractivity contribution in [3.05, 3.63) is 47.7 Å². The highest BCUT2D eigenvalue weighted by Crippen LogP contribution is 2.05. The zero-order valence-corrected chi connectivity index (χ0v) is 7.93. The number of rotatable bonds is 4. The fraction of sp³-hybridized carbons (Fsp3) is 0.182. The van der Waals surface area contributed by atoms with Gasteiger partial charge in [-0.3, -0.25) is 0 Å². The summed E-state index contributed by atoms with van der Waals surface area (Å²) in [6.45, 7) is 1.92. The smallest absolute Gasteiger partial charge is 0.370 e. The monoisotopic (exact) mass is 192 g/mol. The molecule has 14 heavy (non-hydrogen) atoms. The van der Waals surface area contributed by atoms with Gasteiger partial charge in [0.15, 0.2) is 5.76 Å². The maximum atomic E-state index is 10.6. The van der Waals surface area contributed by atoms with Gasteiger partial charge in [0.25, 0.3) is 0 Å². The first-order valence-electron chi connectivity index (χ1n) is 4.30. The maximum Gasteiger partial charge on any atom is 0.370 e. The summed E-state index contributed by atoms with van der Waals surface area (Å²) in [5, 5.41) is 8.66. The maximum absolute atomic E-state index is 10.6. The van der Waals surface area contributed by atoms with Crippen molar-refractivity contribution in [3.8, 4) is 0 Å². The highest BCUT2D eigenvalue weighted by Gasteiger charge is 2.06. The van der Waals surface area contributed by atoms with Gasteiger partial charge in [-0.1, -0.05) is 30.3 Å². The average Bonchev–Trinajstić information content (AvgIpc) is 2.20. The van der Waals surface area contributed by atoms with E-state index in [4.69, 9.17) is 9.84 Å². The van der Waals surface area contributed by atoms with Crippen LogP contribution in [0, 0.1) is 0 Å². The minimum absolute atomic E-state index is 0.0196. The van der Waals surface area contributed by atoms with Crippen molar-refractivity contribution in [1.29, 1.82) is 0 Å². The molecular weight excluding hydrogens is 180 g/mol. The number of carbonyl (C=O) groups is 1. The van der Waals surface area contributed by atoms with Crippen molar-refractivity contribution in [1.82, 2.24) is 0 Å². The van der Waals surface area contributed by atoms with Gasteiger partial charge in [-0.05, 0) is 18.6 Å². The Morgan fingerprint density at radius 2 is 2.07 bits per heavy atom. The van der Waals surface area contributed by atoms with Crippen LogP contribution in [0.4, 0.5) is 0 Å². The Morgan fingerprint density at radius 1 is 1.43 bits per heavy atom. The first-order chi connectivity index (χ1) is 6.74. The molecule has 0 saturated carbocycles. The molecule has 0 atom stereocenters. The van der Waals surface area contributed by atoms with Crippen LogP contribution in [-0.4, -0.2) is 11.1 Å². The van der Waals surface area contributed by atoms with Crippen LogP contribution < -0.4 is 0 Å². The second kappa shape index (κ2) is 5.07. The molecule has 1 N–H and O–H groups in total. The van der Waals surface area contributed by atoms with Crippen LogP contribution in [0.2, 0.25) is 0 Å². The fourth-order valence-corrected chi connectivity index (χ4v) is 1.00. The summed E-state index contributed by atoms with van der Waals surface area (Å²) in [5.74, 6) is -1.06. The SMILES string of the molecule is C/C=C(\OCc1ccccc1)C(=O)O. The molecular formula is C11H12O3. The fourth-order valence-electron chi connectivity index (χ4n) is 1.00. The number of aliphatic carboxylic acids is 1. The van der Waals surface area contributed by atoms with Crippen molar-refractivity contribution in [2.24, 2.45) is 0 Å². The molecule has 0 amide bonds. The van der Waals surface area contributed by atoms with Crippen molar-refractivity contribution >= 4 is 5.97 Å². The van der Waals surface area contributed by atoms with Crippen molar-refractivity contribution in [2.75, 3.05) is 0 Å². The number of ether oxygens (including phenoxy) is 1. The Morgan fingerprint density at radius 3 is 2.57 bits per heavy atom. The summed E-state index contributed by atoms with van der Waals surface area (Å²) in [5.41, 5.74) is 0.952. The van der Waals surface area contributed by atoms with Crippen LogP contribution >= 0.6 is 0 Å². The van der Waals surface area contributed by atoms with Gasteiger partial charge in [0, 0.05) is 0 Å². The number of hydrogen-bond acceptors (Lipinski definition) is 2. The summed E-state index contributed by atoms with van der Waals surface area (Å²) >= 11 is 0. The van der Waals surface area contributed by atoms with Gasteiger partial charge in [0.05, 0.1) is 0 Å². The van der Waals surface area contributed by atoms with Crippen LogP contribution in [0.25, 0.3) is 0 Å². The summed E-state index contributed by atoms with van der Waals surface area (Å²) in [6.07, 6.45) is 1.44. The number of allylic oxidation sites excluding steroid dienone is 1. The lowest BCUT2D eigenvalue weighted by Gasteiger charge is -2.05. The van der Waals surface area contributed by atoms with E-state index in [9.17, 15) is 4.79 Å². The predicted molar refractivity (Wildman–Crippen MR) is 52.6 cm³/mol. The third-order valence-electron chi connectivity index (χ3n) is 1.71. The zero-order chi connectivity index (χ0) is 10.4. The van der Waals surface area contributed by atoms with Crippen LogP contribution in [-0.2, 0) is 16.1 Å². The molecule has 1 rings (SSSR count). The number of hydrogen-bond donors (Lipinski definition) is 1. The van der Waals surface area contributed by atoms with Gasteiger partial charge in [-0.2, -0.15) is 0 Å². The van der Waals surface area contributed by atoms with E-state index in [-0.39, 0.29) is 12.4 Å². The lowest BCUT2D eigenvalue weighted by atomic mass is 10.2. The van der Waals surface area contributed by atoms with Crippen LogP contribution in [0.3, 0.4) is 0 Å². The van der Waals surface area contributed by atoms with Crippen LogP contribution in [0.1, 0.15) is 12.5 Å². The standard InChI is InChI=1S/C11H12O3/c1-2-10(11(12)13)14-8-9-6-4-3-5-7-9/h2-7H,8H2,1H3,(H,12,13)/b10-2-. The molecule has 1 aromatic rings. The zero-order valence-electron chi connectivity index (χ0n) is 7.93. The van der Waals surface area contributed by atoms with Gasteiger partial charge in [-0.15, -0.1) is 0 Å². The lowest BCUT2D eigenvalue weighted by molar-refractivity contribution is -0.136. The quantitative estimate of drug-likeness (QED) is 0.587. The highest BCUT2D eigenvalue weighted by atomic mass is 16.5. The third kappa shape index (κ3) is 2.94. The molecule has 0 aromatic heterocycles. The van der Waals surface area contributed by atoms with E-state index >= 15 is 0 Å². The molecule has 0 aliphatic heterocycles. The molecule has 3 nitrogen and oxygen atoms in total. The molecule has 0 radical (unpaired) electrons. The van der Waals surface area contributed by atoms with Crippen LogP contribution in [0.5, 0.6) is 0 Å². The molecule has 0 fully saturated rings. The highest BCUT2D eigenvalue weighted by molar-refractivity contribution is 5.84. The second-order valence-corrected chi connectivity index (χ2v) is 2.73. The van der Waals surface area contributed by atoms with E-state index in [2.05, 4.69) is 0 Å². The Bertz CT molecular complexity index is 328. The van der Waals surface area contributed by atoms with Gasteiger partial charge in [0.2, 0.25) is 0 Å². The molecule has 0 unspecified atom stereocenters. The minimum Gasteiger partial charge on any atom is -0.482 e. The molecule has 74 valence electrons. The predicted octanol–water partition coefficient (Wildman–Crippen LogP) is 2.19. The van der Waals surface area contributed by atoms with E-state index in [1.165, 1.54) is 6.08 Å². The summed E-state index contributed by atoms with van der Waals surface area (Å²) < 4.78 is 5.10. The Balaban J connectivity index is 2.53. The molecule has 0 spiro atoms. The van der Waals surface area contributed by atoms with Gasteiger partial charge in [0.1, 0.15) is 6.61 Å². The molecule has 0 aliphatic rings. The van der Waals surface area contributed by atoms with Gasteiger partial charge >= 0.3 is 5.97 Å². The first kappa shape index (κ1) is 10.3. The average molecular weight is 192 g/mol. The van der Waals surface area contributed by atoms with E-state index in [1.54, 1.807) is 6.92 Å². The molecule has 1 aromatic carbocycles. The topological polar surface area (TPSA) is 46.5 Å². The molecule has 0 aliphatic carbocycles.